The number of hydrogen-bond acceptors (Lipinski definition) is 5. The van der Waals surface area contributed by atoms with Gasteiger partial charge in [-0.1, -0.05) is 19.9 Å². The standard InChI is InChI=1S/C17H22N4O2/c1-12(2)7-8-18-17(22)15-10-20-16(11-19-15)21-13-5-4-6-14(9-13)23-3/h4-6,9-12H,7-8H2,1-3H3,(H,18,22)(H,20,21). The zero-order valence-electron chi connectivity index (χ0n) is 13.7. The van der Waals surface area contributed by atoms with Crippen LogP contribution in [0.2, 0.25) is 0 Å². The molecule has 0 saturated heterocycles. The number of amides is 1. The van der Waals surface area contributed by atoms with Crippen LogP contribution in [0, 0.1) is 5.92 Å². The van der Waals surface area contributed by atoms with E-state index in [1.807, 2.05) is 24.3 Å². The molecule has 2 N–H and O–H groups in total. The molecule has 2 rings (SSSR count). The van der Waals surface area contributed by atoms with Crippen molar-refractivity contribution in [3.05, 3.63) is 42.4 Å². The van der Waals surface area contributed by atoms with Crippen molar-refractivity contribution in [2.24, 2.45) is 5.92 Å². The third-order valence-corrected chi connectivity index (χ3v) is 3.23. The van der Waals surface area contributed by atoms with E-state index in [9.17, 15) is 4.79 Å². The fourth-order valence-corrected chi connectivity index (χ4v) is 1.92. The lowest BCUT2D eigenvalue weighted by Crippen LogP contribution is -2.26. The maximum atomic E-state index is 11.9. The van der Waals surface area contributed by atoms with Gasteiger partial charge in [0.15, 0.2) is 0 Å². The number of anilines is 2. The van der Waals surface area contributed by atoms with Gasteiger partial charge in [-0.3, -0.25) is 4.79 Å². The van der Waals surface area contributed by atoms with E-state index in [2.05, 4.69) is 34.4 Å². The Kier molecular flexibility index (Phi) is 5.91. The minimum absolute atomic E-state index is 0.203. The predicted molar refractivity (Wildman–Crippen MR) is 90.1 cm³/mol. The first kappa shape index (κ1) is 16.7. The van der Waals surface area contributed by atoms with Crippen LogP contribution in [0.1, 0.15) is 30.8 Å². The first-order chi connectivity index (χ1) is 11.1. The van der Waals surface area contributed by atoms with Gasteiger partial charge in [0.1, 0.15) is 17.3 Å². The maximum absolute atomic E-state index is 11.9. The Morgan fingerprint density at radius 3 is 2.74 bits per heavy atom. The second kappa shape index (κ2) is 8.12. The normalized spacial score (nSPS) is 10.4. The molecule has 1 aromatic carbocycles. The van der Waals surface area contributed by atoms with Crippen molar-refractivity contribution >= 4 is 17.4 Å². The number of benzene rings is 1. The minimum Gasteiger partial charge on any atom is -0.497 e. The molecule has 23 heavy (non-hydrogen) atoms. The molecular formula is C17H22N4O2. The van der Waals surface area contributed by atoms with Crippen molar-refractivity contribution in [2.75, 3.05) is 19.0 Å². The Labute approximate surface area is 136 Å². The van der Waals surface area contributed by atoms with Crippen molar-refractivity contribution in [1.29, 1.82) is 0 Å². The van der Waals surface area contributed by atoms with Crippen LogP contribution in [0.5, 0.6) is 5.75 Å². The highest BCUT2D eigenvalue weighted by molar-refractivity contribution is 5.92. The number of rotatable bonds is 7. The van der Waals surface area contributed by atoms with Gasteiger partial charge < -0.3 is 15.4 Å². The quantitative estimate of drug-likeness (QED) is 0.821. The molecule has 0 saturated carbocycles. The van der Waals surface area contributed by atoms with E-state index < -0.39 is 0 Å². The van der Waals surface area contributed by atoms with Crippen LogP contribution in [-0.2, 0) is 0 Å². The molecule has 0 radical (unpaired) electrons. The van der Waals surface area contributed by atoms with E-state index in [-0.39, 0.29) is 5.91 Å². The van der Waals surface area contributed by atoms with Crippen LogP contribution < -0.4 is 15.4 Å². The summed E-state index contributed by atoms with van der Waals surface area (Å²) in [4.78, 5) is 20.3. The molecule has 0 unspecified atom stereocenters. The third-order valence-electron chi connectivity index (χ3n) is 3.23. The first-order valence-corrected chi connectivity index (χ1v) is 7.60. The number of ether oxygens (including phenoxy) is 1. The first-order valence-electron chi connectivity index (χ1n) is 7.60. The Bertz CT molecular complexity index is 641. The molecule has 2 aromatic rings. The molecule has 0 aliphatic rings. The summed E-state index contributed by atoms with van der Waals surface area (Å²) in [5, 5.41) is 5.95. The van der Waals surface area contributed by atoms with E-state index in [1.54, 1.807) is 7.11 Å². The summed E-state index contributed by atoms with van der Waals surface area (Å²) in [6, 6.07) is 7.50. The summed E-state index contributed by atoms with van der Waals surface area (Å²) in [7, 11) is 1.62. The highest BCUT2D eigenvalue weighted by Crippen LogP contribution is 2.19. The van der Waals surface area contributed by atoms with E-state index in [4.69, 9.17) is 4.74 Å². The van der Waals surface area contributed by atoms with E-state index >= 15 is 0 Å². The molecule has 0 fully saturated rings. The molecule has 0 atom stereocenters. The van der Waals surface area contributed by atoms with Gasteiger partial charge in [0.2, 0.25) is 0 Å². The van der Waals surface area contributed by atoms with Gasteiger partial charge in [-0.15, -0.1) is 0 Å². The zero-order valence-corrected chi connectivity index (χ0v) is 13.7. The van der Waals surface area contributed by atoms with Crippen molar-refractivity contribution in [1.82, 2.24) is 15.3 Å². The van der Waals surface area contributed by atoms with Crippen LogP contribution in [0.4, 0.5) is 11.5 Å². The van der Waals surface area contributed by atoms with Crippen molar-refractivity contribution < 1.29 is 9.53 Å². The summed E-state index contributed by atoms with van der Waals surface area (Å²) in [5.41, 5.74) is 1.15. The van der Waals surface area contributed by atoms with Gasteiger partial charge in [-0.25, -0.2) is 9.97 Å². The number of carbonyl (C=O) groups is 1. The summed E-state index contributed by atoms with van der Waals surface area (Å²) in [5.74, 6) is 1.67. The maximum Gasteiger partial charge on any atom is 0.271 e. The molecule has 1 amide bonds. The van der Waals surface area contributed by atoms with Crippen LogP contribution in [-0.4, -0.2) is 29.5 Å². The predicted octanol–water partition coefficient (Wildman–Crippen LogP) is 3.00. The average molecular weight is 314 g/mol. The Morgan fingerprint density at radius 1 is 1.26 bits per heavy atom. The Hall–Kier alpha value is -2.63. The van der Waals surface area contributed by atoms with Crippen molar-refractivity contribution in [3.63, 3.8) is 0 Å². The smallest absolute Gasteiger partial charge is 0.271 e. The summed E-state index contributed by atoms with van der Waals surface area (Å²) >= 11 is 0. The Balaban J connectivity index is 1.94. The highest BCUT2D eigenvalue weighted by atomic mass is 16.5. The molecule has 1 heterocycles. The molecular weight excluding hydrogens is 292 g/mol. The number of nitrogens with zero attached hydrogens (tertiary/aromatic N) is 2. The number of methoxy groups -OCH3 is 1. The molecule has 6 nitrogen and oxygen atoms in total. The second-order valence-corrected chi connectivity index (χ2v) is 5.58. The summed E-state index contributed by atoms with van der Waals surface area (Å²) < 4.78 is 5.17. The molecule has 6 heteroatoms. The monoisotopic (exact) mass is 314 g/mol. The minimum atomic E-state index is -0.203. The van der Waals surface area contributed by atoms with Crippen LogP contribution in [0.25, 0.3) is 0 Å². The Morgan fingerprint density at radius 2 is 2.09 bits per heavy atom. The topological polar surface area (TPSA) is 76.1 Å². The summed E-state index contributed by atoms with van der Waals surface area (Å²) in [6.45, 7) is 4.87. The number of nitrogens with one attached hydrogen (secondary N) is 2. The largest absolute Gasteiger partial charge is 0.497 e. The van der Waals surface area contributed by atoms with E-state index in [0.717, 1.165) is 17.9 Å². The van der Waals surface area contributed by atoms with Crippen molar-refractivity contribution in [2.45, 2.75) is 20.3 Å². The van der Waals surface area contributed by atoms with Gasteiger partial charge in [0.25, 0.3) is 5.91 Å². The fraction of sp³-hybridized carbons (Fsp3) is 0.353. The number of aromatic nitrogens is 2. The van der Waals surface area contributed by atoms with Gasteiger partial charge >= 0.3 is 0 Å². The SMILES string of the molecule is COc1cccc(Nc2cnc(C(=O)NCCC(C)C)cn2)c1. The second-order valence-electron chi connectivity index (χ2n) is 5.58. The molecule has 0 spiro atoms. The lowest BCUT2D eigenvalue weighted by Gasteiger charge is -2.08. The van der Waals surface area contributed by atoms with Gasteiger partial charge in [0, 0.05) is 18.3 Å². The van der Waals surface area contributed by atoms with E-state index in [1.165, 1.54) is 12.4 Å². The third kappa shape index (κ3) is 5.25. The molecule has 0 aliphatic carbocycles. The van der Waals surface area contributed by atoms with E-state index in [0.29, 0.717) is 24.0 Å². The summed E-state index contributed by atoms with van der Waals surface area (Å²) in [6.07, 6.45) is 3.94. The van der Waals surface area contributed by atoms with Crippen LogP contribution in [0.3, 0.4) is 0 Å². The zero-order chi connectivity index (χ0) is 16.7. The van der Waals surface area contributed by atoms with Gasteiger partial charge in [0.05, 0.1) is 19.5 Å². The van der Waals surface area contributed by atoms with Crippen molar-refractivity contribution in [3.8, 4) is 5.75 Å². The number of carbonyl (C=O) groups excluding carboxylic acids is 1. The van der Waals surface area contributed by atoms with Gasteiger partial charge in [-0.2, -0.15) is 0 Å². The molecule has 0 bridgehead atoms. The molecule has 0 aliphatic heterocycles. The average Bonchev–Trinajstić information content (AvgIpc) is 2.55. The molecule has 122 valence electrons. The fourth-order valence-electron chi connectivity index (χ4n) is 1.92. The highest BCUT2D eigenvalue weighted by Gasteiger charge is 2.08. The lowest BCUT2D eigenvalue weighted by molar-refractivity contribution is 0.0946. The van der Waals surface area contributed by atoms with Crippen LogP contribution in [0.15, 0.2) is 36.7 Å². The molecule has 1 aromatic heterocycles. The van der Waals surface area contributed by atoms with Crippen LogP contribution >= 0.6 is 0 Å². The van der Waals surface area contributed by atoms with Gasteiger partial charge in [-0.05, 0) is 24.5 Å². The number of hydrogen-bond donors (Lipinski definition) is 2. The lowest BCUT2D eigenvalue weighted by atomic mass is 10.1.